The molecular weight excluding hydrogens is 348 g/mol. The molecule has 0 amide bonds. The quantitative estimate of drug-likeness (QED) is 0.467. The first kappa shape index (κ1) is 17.5. The highest BCUT2D eigenvalue weighted by Crippen LogP contribution is 2.28. The number of aliphatic carboxylic acids is 1. The number of carbonyl (C=O) groups is 1. The third-order valence-electron chi connectivity index (χ3n) is 2.67. The molecule has 1 fully saturated rings. The van der Waals surface area contributed by atoms with Gasteiger partial charge in [0.25, 0.3) is 5.56 Å². The lowest BCUT2D eigenvalue weighted by atomic mass is 10.3. The Labute approximate surface area is 136 Å². The van der Waals surface area contributed by atoms with Gasteiger partial charge in [0.15, 0.2) is 5.65 Å². The van der Waals surface area contributed by atoms with Crippen molar-refractivity contribution in [3.8, 4) is 0 Å². The first-order valence-corrected chi connectivity index (χ1v) is 8.13. The molecule has 1 aliphatic rings. The molecule has 6 N–H and O–H groups in total. The summed E-state index contributed by atoms with van der Waals surface area (Å²) in [5, 5.41) is 17.0. The van der Waals surface area contributed by atoms with Crippen molar-refractivity contribution < 1.29 is 19.7 Å². The summed E-state index contributed by atoms with van der Waals surface area (Å²) in [6.07, 6.45) is 0.112. The van der Waals surface area contributed by atoms with E-state index in [-0.39, 0.29) is 50.4 Å². The molecule has 0 aromatic carbocycles. The Kier molecular flexibility index (Phi) is 5.76. The van der Waals surface area contributed by atoms with Crippen LogP contribution in [0.2, 0.25) is 0 Å². The number of aliphatic hydroxyl groups is 1. The van der Waals surface area contributed by atoms with E-state index in [1.54, 1.807) is 0 Å². The highest BCUT2D eigenvalue weighted by atomic mass is 32.2. The molecule has 1 saturated heterocycles. The second-order valence-corrected chi connectivity index (χ2v) is 6.89. The zero-order chi connectivity index (χ0) is 17.0. The van der Waals surface area contributed by atoms with Crippen LogP contribution in [0.4, 0.5) is 5.95 Å². The van der Waals surface area contributed by atoms with Gasteiger partial charge in [0.2, 0.25) is 5.95 Å². The number of anilines is 1. The van der Waals surface area contributed by atoms with E-state index < -0.39 is 5.97 Å². The van der Waals surface area contributed by atoms with Gasteiger partial charge in [0.05, 0.1) is 19.6 Å². The number of fused-ring (bicyclic) bond motifs is 1. The Hall–Kier alpha value is -1.89. The largest absolute Gasteiger partial charge is 0.481 e. The molecule has 12 heteroatoms. The van der Waals surface area contributed by atoms with Gasteiger partial charge in [-0.15, -0.1) is 11.8 Å². The molecule has 1 aliphatic heterocycles. The van der Waals surface area contributed by atoms with E-state index in [1.165, 1.54) is 11.8 Å². The van der Waals surface area contributed by atoms with E-state index in [1.807, 2.05) is 0 Å². The van der Waals surface area contributed by atoms with Gasteiger partial charge < -0.3 is 20.7 Å². The third-order valence-corrected chi connectivity index (χ3v) is 4.82. The van der Waals surface area contributed by atoms with Crippen LogP contribution in [0.1, 0.15) is 6.42 Å². The van der Waals surface area contributed by atoms with Crippen molar-refractivity contribution in [1.82, 2.24) is 15.0 Å². The van der Waals surface area contributed by atoms with Gasteiger partial charge in [-0.25, -0.2) is 0 Å². The topological polar surface area (TPSA) is 171 Å². The van der Waals surface area contributed by atoms with Crippen LogP contribution in [-0.4, -0.2) is 55.0 Å². The summed E-state index contributed by atoms with van der Waals surface area (Å²) in [4.78, 5) is 40.2. The van der Waals surface area contributed by atoms with Crippen molar-refractivity contribution in [2.45, 2.75) is 17.1 Å². The van der Waals surface area contributed by atoms with E-state index >= 15 is 0 Å². The number of rotatable bonds is 3. The summed E-state index contributed by atoms with van der Waals surface area (Å²) in [7, 11) is 0. The SMILES string of the molecule is Nc1nc2[nH]c(=O)sc2c(=O)[nH]1.O=C(O)CC1COC(CO)S1. The molecular formula is C11H14N4O6S2. The summed E-state index contributed by atoms with van der Waals surface area (Å²) in [5.74, 6) is -0.814. The van der Waals surface area contributed by atoms with E-state index in [0.717, 1.165) is 11.3 Å². The standard InChI is InChI=1S/C6H10O4S.C5H4N4O2S/c7-2-6-10-3-4(11-6)1-5(8)9;6-4-7-2-1(3(10)9-4)12-5(11)8-2/h4,6-7H,1-3H2,(H,8,9);(H4,6,7,8,9,10,11). The van der Waals surface area contributed by atoms with Crippen LogP contribution in [0.3, 0.4) is 0 Å². The number of thiazole rings is 1. The minimum atomic E-state index is -0.815. The van der Waals surface area contributed by atoms with Gasteiger partial charge in [0.1, 0.15) is 10.1 Å². The van der Waals surface area contributed by atoms with Crippen molar-refractivity contribution in [3.05, 3.63) is 20.0 Å². The lowest BCUT2D eigenvalue weighted by Gasteiger charge is -2.02. The Morgan fingerprint density at radius 2 is 2.17 bits per heavy atom. The van der Waals surface area contributed by atoms with Crippen molar-refractivity contribution in [1.29, 1.82) is 0 Å². The normalized spacial score (nSPS) is 20.2. The summed E-state index contributed by atoms with van der Waals surface area (Å²) >= 11 is 2.20. The van der Waals surface area contributed by atoms with E-state index in [2.05, 4.69) is 15.0 Å². The number of thioether (sulfide) groups is 1. The summed E-state index contributed by atoms with van der Waals surface area (Å²) in [6, 6.07) is 0. The number of nitrogen functional groups attached to an aromatic ring is 1. The molecule has 2 aromatic rings. The Balaban J connectivity index is 0.000000168. The number of aromatic amines is 2. The number of ether oxygens (including phenoxy) is 1. The number of nitrogens with zero attached hydrogens (tertiary/aromatic N) is 1. The molecule has 2 atom stereocenters. The number of carboxylic acid groups (broad SMARTS) is 1. The summed E-state index contributed by atoms with van der Waals surface area (Å²) in [5.41, 5.74) is 4.88. The molecule has 3 heterocycles. The Morgan fingerprint density at radius 3 is 2.78 bits per heavy atom. The van der Waals surface area contributed by atoms with Crippen LogP contribution in [0.25, 0.3) is 10.3 Å². The molecule has 0 radical (unpaired) electrons. The van der Waals surface area contributed by atoms with E-state index in [4.69, 9.17) is 20.7 Å². The van der Waals surface area contributed by atoms with Crippen LogP contribution in [0.5, 0.6) is 0 Å². The second kappa shape index (κ2) is 7.59. The predicted molar refractivity (Wildman–Crippen MR) is 85.7 cm³/mol. The molecule has 126 valence electrons. The van der Waals surface area contributed by atoms with Gasteiger partial charge >= 0.3 is 10.8 Å². The minimum absolute atomic E-state index is 0.00144. The molecule has 0 bridgehead atoms. The van der Waals surface area contributed by atoms with E-state index in [9.17, 15) is 14.4 Å². The van der Waals surface area contributed by atoms with Crippen LogP contribution in [0.15, 0.2) is 9.59 Å². The van der Waals surface area contributed by atoms with Crippen molar-refractivity contribution >= 4 is 45.4 Å². The zero-order valence-electron chi connectivity index (χ0n) is 11.6. The third kappa shape index (κ3) is 4.79. The number of carboxylic acids is 1. The average Bonchev–Trinajstić information content (AvgIpc) is 3.04. The first-order valence-electron chi connectivity index (χ1n) is 6.37. The van der Waals surface area contributed by atoms with Crippen molar-refractivity contribution in [3.63, 3.8) is 0 Å². The number of H-pyrrole nitrogens is 2. The van der Waals surface area contributed by atoms with Crippen molar-refractivity contribution in [2.75, 3.05) is 18.9 Å². The molecule has 23 heavy (non-hydrogen) atoms. The molecule has 10 nitrogen and oxygen atoms in total. The molecule has 2 unspecified atom stereocenters. The number of nitrogens with one attached hydrogen (secondary N) is 2. The lowest BCUT2D eigenvalue weighted by Crippen LogP contribution is -2.09. The molecule has 3 rings (SSSR count). The van der Waals surface area contributed by atoms with Crippen LogP contribution >= 0.6 is 23.1 Å². The van der Waals surface area contributed by atoms with Crippen molar-refractivity contribution in [2.24, 2.45) is 0 Å². The molecule has 2 aromatic heterocycles. The number of hydrogen-bond acceptors (Lipinski definition) is 9. The fraction of sp³-hybridized carbons (Fsp3) is 0.455. The molecule has 0 spiro atoms. The van der Waals surface area contributed by atoms with Gasteiger partial charge in [-0.1, -0.05) is 11.3 Å². The van der Waals surface area contributed by atoms with Gasteiger partial charge in [-0.3, -0.25) is 24.4 Å². The maximum Gasteiger partial charge on any atom is 0.306 e. The maximum atomic E-state index is 11.1. The fourth-order valence-electron chi connectivity index (χ4n) is 1.78. The van der Waals surface area contributed by atoms with Gasteiger partial charge in [-0.2, -0.15) is 4.98 Å². The number of aliphatic hydroxyl groups excluding tert-OH is 1. The van der Waals surface area contributed by atoms with Gasteiger partial charge in [-0.05, 0) is 0 Å². The number of hydrogen-bond donors (Lipinski definition) is 5. The smallest absolute Gasteiger partial charge is 0.306 e. The highest BCUT2D eigenvalue weighted by Gasteiger charge is 2.26. The minimum Gasteiger partial charge on any atom is -0.481 e. The maximum absolute atomic E-state index is 11.1. The van der Waals surface area contributed by atoms with Crippen LogP contribution in [-0.2, 0) is 9.53 Å². The monoisotopic (exact) mass is 362 g/mol. The van der Waals surface area contributed by atoms with Crippen LogP contribution < -0.4 is 16.2 Å². The van der Waals surface area contributed by atoms with E-state index in [0.29, 0.717) is 6.61 Å². The Bertz CT molecular complexity index is 800. The summed E-state index contributed by atoms with van der Waals surface area (Å²) < 4.78 is 5.34. The highest BCUT2D eigenvalue weighted by molar-refractivity contribution is 8.00. The predicted octanol–water partition coefficient (Wildman–Crippen LogP) is -0.833. The summed E-state index contributed by atoms with van der Waals surface area (Å²) in [6.45, 7) is 0.392. The lowest BCUT2D eigenvalue weighted by molar-refractivity contribution is -0.137. The molecule has 0 aliphatic carbocycles. The Morgan fingerprint density at radius 1 is 1.43 bits per heavy atom. The average molecular weight is 362 g/mol. The van der Waals surface area contributed by atoms with Gasteiger partial charge in [0, 0.05) is 5.25 Å². The zero-order valence-corrected chi connectivity index (χ0v) is 13.3. The first-order chi connectivity index (χ1) is 10.9. The fourth-order valence-corrected chi connectivity index (χ4v) is 3.52. The number of nitrogens with two attached hydrogens (primary N) is 1. The number of aromatic nitrogens is 3. The van der Waals surface area contributed by atoms with Crippen LogP contribution in [0, 0.1) is 0 Å². The molecule has 0 saturated carbocycles. The second-order valence-electron chi connectivity index (χ2n) is 4.44.